The lowest BCUT2D eigenvalue weighted by molar-refractivity contribution is -0.168. The minimum atomic E-state index is -1.13. The molecule has 2 aromatic carbocycles. The summed E-state index contributed by atoms with van der Waals surface area (Å²) < 4.78 is 10.9. The minimum Gasteiger partial charge on any atom is -0.504 e. The highest BCUT2D eigenvalue weighted by molar-refractivity contribution is 6.25. The second-order valence-corrected chi connectivity index (χ2v) is 12.2. The number of piperazine rings is 1. The number of rotatable bonds is 4. The van der Waals surface area contributed by atoms with E-state index >= 15 is 0 Å². The van der Waals surface area contributed by atoms with E-state index in [2.05, 4.69) is 0 Å². The maximum Gasteiger partial charge on any atom is 0.261 e. The Bertz CT molecular complexity index is 1720. The first-order valence-corrected chi connectivity index (χ1v) is 14.6. The summed E-state index contributed by atoms with van der Waals surface area (Å²) in [5, 5.41) is 23.6. The van der Waals surface area contributed by atoms with Gasteiger partial charge in [-0.05, 0) is 57.0 Å². The minimum absolute atomic E-state index is 0.00499. The number of carbonyl (C=O) groups excluding carboxylic acids is 4. The number of methoxy groups -OCH3 is 2. The third-order valence-electron chi connectivity index (χ3n) is 10.1. The second-order valence-electron chi connectivity index (χ2n) is 12.2. The zero-order valence-corrected chi connectivity index (χ0v) is 25.1. The van der Waals surface area contributed by atoms with Gasteiger partial charge < -0.3 is 19.7 Å². The van der Waals surface area contributed by atoms with Crippen LogP contribution in [0.1, 0.15) is 56.8 Å². The molecule has 1 fully saturated rings. The standard InChI is InChI=1S/C33H33N3O8/c1-14-10-16-11-21-33(42)36-20(25(34(21)3)23(16)27(38)29(14)43-4)12-19-24(28(39)30(44-5)15(2)26(19)37)22(36)13-35-31(40)17-8-6-7-9-18(17)32(35)41/h6-10,20-22,25,33,38,42H,11-13H2,1-5H3/t20-,21-,22-,25-,33-/m0/s1. The summed E-state index contributed by atoms with van der Waals surface area (Å²) in [6.45, 7) is 3.13. The fourth-order valence-corrected chi connectivity index (χ4v) is 8.18. The van der Waals surface area contributed by atoms with Gasteiger partial charge in [0.05, 0.1) is 43.5 Å². The maximum absolute atomic E-state index is 14.0. The fraction of sp³-hybridized carbons (Fsp3) is 0.394. The molecular weight excluding hydrogens is 566 g/mol. The van der Waals surface area contributed by atoms with Gasteiger partial charge in [-0.3, -0.25) is 33.9 Å². The van der Waals surface area contributed by atoms with Gasteiger partial charge in [-0.25, -0.2) is 0 Å². The molecule has 4 aliphatic heterocycles. The second kappa shape index (κ2) is 9.85. The van der Waals surface area contributed by atoms with E-state index in [1.54, 1.807) is 36.1 Å². The first kappa shape index (κ1) is 28.5. The predicted molar refractivity (Wildman–Crippen MR) is 156 cm³/mol. The topological polar surface area (TPSA) is 137 Å². The van der Waals surface area contributed by atoms with E-state index in [4.69, 9.17) is 9.47 Å². The van der Waals surface area contributed by atoms with Crippen LogP contribution in [-0.2, 0) is 20.7 Å². The summed E-state index contributed by atoms with van der Waals surface area (Å²) in [5.41, 5.74) is 3.35. The number of phenols is 1. The maximum atomic E-state index is 14.0. The molecule has 5 atom stereocenters. The number of imide groups is 1. The lowest BCUT2D eigenvalue weighted by atomic mass is 9.71. The van der Waals surface area contributed by atoms with Crippen LogP contribution in [0.2, 0.25) is 0 Å². The number of ether oxygens (including phenoxy) is 2. The van der Waals surface area contributed by atoms with Gasteiger partial charge >= 0.3 is 0 Å². The average molecular weight is 600 g/mol. The first-order valence-electron chi connectivity index (χ1n) is 14.6. The molecule has 0 aromatic heterocycles. The Morgan fingerprint density at radius 2 is 1.59 bits per heavy atom. The average Bonchev–Trinajstić information content (AvgIpc) is 3.23. The number of ketones is 2. The van der Waals surface area contributed by atoms with Crippen LogP contribution in [0.25, 0.3) is 0 Å². The van der Waals surface area contributed by atoms with Crippen molar-refractivity contribution in [1.82, 2.24) is 14.7 Å². The lowest BCUT2D eigenvalue weighted by Gasteiger charge is -2.60. The van der Waals surface area contributed by atoms with Crippen molar-refractivity contribution >= 4 is 23.4 Å². The highest BCUT2D eigenvalue weighted by atomic mass is 16.5. The Morgan fingerprint density at radius 3 is 2.20 bits per heavy atom. The van der Waals surface area contributed by atoms with Crippen LogP contribution in [0.3, 0.4) is 0 Å². The molecule has 5 aliphatic rings. The first-order chi connectivity index (χ1) is 21.0. The summed E-state index contributed by atoms with van der Waals surface area (Å²) in [7, 11) is 4.69. The van der Waals surface area contributed by atoms with Crippen molar-refractivity contribution in [2.24, 2.45) is 0 Å². The number of hydrogen-bond donors (Lipinski definition) is 2. The third kappa shape index (κ3) is 3.60. The molecule has 0 radical (unpaired) electrons. The largest absolute Gasteiger partial charge is 0.504 e. The number of aryl methyl sites for hydroxylation is 1. The number of aliphatic hydroxyl groups is 1. The van der Waals surface area contributed by atoms with Gasteiger partial charge in [-0.15, -0.1) is 0 Å². The summed E-state index contributed by atoms with van der Waals surface area (Å²) in [4.78, 5) is 59.8. The van der Waals surface area contributed by atoms with Gasteiger partial charge in [0.25, 0.3) is 11.8 Å². The van der Waals surface area contributed by atoms with E-state index in [0.717, 1.165) is 16.0 Å². The van der Waals surface area contributed by atoms with Crippen LogP contribution in [0, 0.1) is 6.92 Å². The zero-order chi connectivity index (χ0) is 31.4. The number of benzene rings is 2. The predicted octanol–water partition coefficient (Wildman–Crippen LogP) is 2.05. The fourth-order valence-electron chi connectivity index (χ4n) is 8.18. The Kier molecular flexibility index (Phi) is 6.37. The van der Waals surface area contributed by atoms with Gasteiger partial charge in [-0.1, -0.05) is 18.2 Å². The van der Waals surface area contributed by atoms with Gasteiger partial charge in [0, 0.05) is 34.9 Å². The Balaban J connectivity index is 1.41. The molecule has 44 heavy (non-hydrogen) atoms. The number of allylic oxidation sites excluding steroid dienone is 2. The van der Waals surface area contributed by atoms with Crippen LogP contribution in [0.5, 0.6) is 11.5 Å². The van der Waals surface area contributed by atoms with Crippen molar-refractivity contribution in [3.63, 3.8) is 0 Å². The molecule has 1 aliphatic carbocycles. The number of hydrogen-bond acceptors (Lipinski definition) is 10. The van der Waals surface area contributed by atoms with Crippen molar-refractivity contribution < 1.29 is 38.9 Å². The van der Waals surface area contributed by atoms with Gasteiger partial charge in [0.15, 0.2) is 23.0 Å². The molecule has 228 valence electrons. The molecule has 2 aromatic rings. The van der Waals surface area contributed by atoms with Crippen LogP contribution >= 0.6 is 0 Å². The van der Waals surface area contributed by atoms with Crippen molar-refractivity contribution in [3.8, 4) is 11.5 Å². The molecule has 7 rings (SSSR count). The smallest absolute Gasteiger partial charge is 0.261 e. The molecule has 2 amide bonds. The zero-order valence-electron chi connectivity index (χ0n) is 25.1. The van der Waals surface area contributed by atoms with E-state index in [1.165, 1.54) is 14.2 Å². The van der Waals surface area contributed by atoms with Crippen molar-refractivity contribution in [3.05, 3.63) is 80.6 Å². The number of aromatic hydroxyl groups is 1. The van der Waals surface area contributed by atoms with Gasteiger partial charge in [0.2, 0.25) is 5.78 Å². The Morgan fingerprint density at radius 1 is 0.932 bits per heavy atom. The molecule has 0 saturated carbocycles. The van der Waals surface area contributed by atoms with Gasteiger partial charge in [0.1, 0.15) is 6.23 Å². The van der Waals surface area contributed by atoms with Gasteiger partial charge in [-0.2, -0.15) is 0 Å². The normalized spacial score (nSPS) is 28.2. The van der Waals surface area contributed by atoms with Crippen molar-refractivity contribution in [1.29, 1.82) is 0 Å². The van der Waals surface area contributed by atoms with E-state index in [9.17, 15) is 29.4 Å². The molecule has 11 nitrogen and oxygen atoms in total. The Labute approximate surface area is 253 Å². The highest BCUT2D eigenvalue weighted by Gasteiger charge is 2.58. The number of nitrogens with zero attached hydrogens (tertiary/aromatic N) is 3. The molecule has 11 heteroatoms. The molecule has 1 saturated heterocycles. The number of carbonyl (C=O) groups is 4. The van der Waals surface area contributed by atoms with E-state index < -0.39 is 48.0 Å². The van der Waals surface area contributed by atoms with Crippen LogP contribution in [0.15, 0.2) is 52.8 Å². The number of amides is 2. The number of fused-ring (bicyclic) bond motifs is 7. The SMILES string of the molecule is COC1=C(C)C(=O)C2=C(C1=O)[C@H](CN1C(=O)c3ccccc3C1=O)N1[C@@H](O)[C@@H]3Cc4cc(C)c(OC)c(O)c4[C@H]([C@@H]1C2)N3C. The summed E-state index contributed by atoms with van der Waals surface area (Å²) >= 11 is 0. The van der Waals surface area contributed by atoms with Crippen LogP contribution < -0.4 is 4.74 Å². The number of likely N-dealkylation sites (N-methyl/N-ethyl adjacent to an activating group) is 1. The Hall–Kier alpha value is -4.32. The molecular formula is C33H33N3O8. The van der Waals surface area contributed by atoms with E-state index in [-0.39, 0.29) is 58.1 Å². The molecule has 2 N–H and O–H groups in total. The number of aliphatic hydroxyl groups excluding tert-OH is 1. The van der Waals surface area contributed by atoms with Crippen LogP contribution in [0.4, 0.5) is 0 Å². The molecule has 0 spiro atoms. The molecule has 0 unspecified atom stereocenters. The monoisotopic (exact) mass is 599 g/mol. The van der Waals surface area contributed by atoms with Crippen molar-refractivity contribution in [2.45, 2.75) is 57.1 Å². The highest BCUT2D eigenvalue weighted by Crippen LogP contribution is 2.53. The quantitative estimate of drug-likeness (QED) is 0.397. The third-order valence-corrected chi connectivity index (χ3v) is 10.1. The summed E-state index contributed by atoms with van der Waals surface area (Å²) in [6.07, 6.45) is -0.638. The molecule has 4 heterocycles. The summed E-state index contributed by atoms with van der Waals surface area (Å²) in [5.74, 6) is -1.62. The number of phenolic OH excluding ortho intramolecular Hbond substituents is 1. The van der Waals surface area contributed by atoms with Crippen LogP contribution in [-0.4, -0.2) is 100 Å². The lowest BCUT2D eigenvalue weighted by Crippen LogP contribution is -2.71. The van der Waals surface area contributed by atoms with E-state index in [1.807, 2.05) is 24.9 Å². The van der Waals surface area contributed by atoms with E-state index in [0.29, 0.717) is 17.7 Å². The van der Waals surface area contributed by atoms with Crippen molar-refractivity contribution in [2.75, 3.05) is 27.8 Å². The summed E-state index contributed by atoms with van der Waals surface area (Å²) in [6, 6.07) is 5.92. The number of Topliss-reactive ketones (excluding diaryl/α,β-unsaturated/α-hetero) is 2. The molecule has 2 bridgehead atoms.